The normalized spacial score (nSPS) is 21.0. The summed E-state index contributed by atoms with van der Waals surface area (Å²) in [7, 11) is 0. The molecule has 2 aliphatic rings. The van der Waals surface area contributed by atoms with Crippen molar-refractivity contribution in [3.63, 3.8) is 0 Å². The highest BCUT2D eigenvalue weighted by Gasteiger charge is 2.41. The summed E-state index contributed by atoms with van der Waals surface area (Å²) in [6, 6.07) is 2.93. The Balaban J connectivity index is 1.75. The number of aryl methyl sites for hydroxylation is 1. The van der Waals surface area contributed by atoms with Crippen LogP contribution in [-0.2, 0) is 9.47 Å². The molecule has 1 aromatic carbocycles. The zero-order valence-electron chi connectivity index (χ0n) is 12.0. The van der Waals surface area contributed by atoms with Crippen molar-refractivity contribution in [2.75, 3.05) is 32.0 Å². The number of nitrogens with two attached hydrogens (primary N) is 1. The van der Waals surface area contributed by atoms with E-state index in [1.165, 1.54) is 12.1 Å². The predicted octanol–water partition coefficient (Wildman–Crippen LogP) is 1.70. The Morgan fingerprint density at radius 3 is 2.52 bits per heavy atom. The average molecular weight is 294 g/mol. The van der Waals surface area contributed by atoms with Crippen LogP contribution in [0.2, 0.25) is 0 Å². The molecule has 5 nitrogen and oxygen atoms in total. The van der Waals surface area contributed by atoms with Gasteiger partial charge < -0.3 is 20.1 Å². The number of benzene rings is 1. The summed E-state index contributed by atoms with van der Waals surface area (Å²) >= 11 is 0. The molecule has 0 atom stereocenters. The van der Waals surface area contributed by atoms with Crippen LogP contribution in [0, 0.1) is 12.7 Å². The summed E-state index contributed by atoms with van der Waals surface area (Å²) in [5.41, 5.74) is 6.53. The van der Waals surface area contributed by atoms with Crippen molar-refractivity contribution in [3.8, 4) is 0 Å². The van der Waals surface area contributed by atoms with Crippen LogP contribution < -0.4 is 5.73 Å². The van der Waals surface area contributed by atoms with Crippen LogP contribution in [0.1, 0.15) is 28.8 Å². The van der Waals surface area contributed by atoms with Crippen molar-refractivity contribution in [2.24, 2.45) is 0 Å². The Morgan fingerprint density at radius 2 is 1.90 bits per heavy atom. The molecule has 2 saturated heterocycles. The lowest BCUT2D eigenvalue weighted by Gasteiger charge is -2.37. The molecule has 1 spiro atoms. The Hall–Kier alpha value is -1.66. The molecule has 6 heteroatoms. The van der Waals surface area contributed by atoms with Gasteiger partial charge in [-0.25, -0.2) is 4.39 Å². The minimum atomic E-state index is -0.541. The monoisotopic (exact) mass is 294 g/mol. The van der Waals surface area contributed by atoms with Gasteiger partial charge in [-0.2, -0.15) is 0 Å². The minimum Gasteiger partial charge on any atom is -0.399 e. The van der Waals surface area contributed by atoms with Crippen LogP contribution >= 0.6 is 0 Å². The smallest absolute Gasteiger partial charge is 0.256 e. The number of carbonyl (C=O) groups excluding carboxylic acids is 1. The number of hydrogen-bond acceptors (Lipinski definition) is 4. The summed E-state index contributed by atoms with van der Waals surface area (Å²) in [6.45, 7) is 3.78. The van der Waals surface area contributed by atoms with Crippen LogP contribution in [0.25, 0.3) is 0 Å². The van der Waals surface area contributed by atoms with E-state index in [9.17, 15) is 9.18 Å². The summed E-state index contributed by atoms with van der Waals surface area (Å²) in [6.07, 6.45) is 1.23. The molecule has 0 aromatic heterocycles. The number of hydrogen-bond donors (Lipinski definition) is 1. The zero-order valence-corrected chi connectivity index (χ0v) is 12.0. The largest absolute Gasteiger partial charge is 0.399 e. The number of anilines is 1. The van der Waals surface area contributed by atoms with Crippen LogP contribution in [0.5, 0.6) is 0 Å². The third-order valence-corrected chi connectivity index (χ3v) is 4.13. The molecular weight excluding hydrogens is 275 g/mol. The molecule has 2 aliphatic heterocycles. The molecule has 0 aliphatic carbocycles. The standard InChI is InChI=1S/C15H19FN2O3/c1-10-8-11(17)9-12(13(10)16)14(19)18-4-2-15(3-5-18)20-6-7-21-15/h8-9H,2-7,17H2,1H3. The van der Waals surface area contributed by atoms with E-state index >= 15 is 0 Å². The summed E-state index contributed by atoms with van der Waals surface area (Å²) in [5, 5.41) is 0. The molecule has 2 heterocycles. The maximum atomic E-state index is 14.1. The maximum Gasteiger partial charge on any atom is 0.256 e. The summed E-state index contributed by atoms with van der Waals surface area (Å²) in [4.78, 5) is 14.1. The molecule has 3 rings (SSSR count). The van der Waals surface area contributed by atoms with E-state index in [0.717, 1.165) is 0 Å². The van der Waals surface area contributed by atoms with Gasteiger partial charge in [-0.1, -0.05) is 0 Å². The van der Waals surface area contributed by atoms with Gasteiger partial charge in [0.2, 0.25) is 0 Å². The molecule has 0 bridgehead atoms. The highest BCUT2D eigenvalue weighted by molar-refractivity contribution is 5.95. The van der Waals surface area contributed by atoms with Crippen LogP contribution in [0.3, 0.4) is 0 Å². The molecule has 2 N–H and O–H groups in total. The van der Waals surface area contributed by atoms with Crippen molar-refractivity contribution in [1.82, 2.24) is 4.90 Å². The number of carbonyl (C=O) groups is 1. The highest BCUT2D eigenvalue weighted by Crippen LogP contribution is 2.32. The van der Waals surface area contributed by atoms with Gasteiger partial charge in [0.25, 0.3) is 5.91 Å². The molecular formula is C15H19FN2O3. The van der Waals surface area contributed by atoms with E-state index < -0.39 is 11.6 Å². The lowest BCUT2D eigenvalue weighted by atomic mass is 10.0. The minimum absolute atomic E-state index is 0.0386. The molecule has 0 saturated carbocycles. The number of nitrogen functional groups attached to an aromatic ring is 1. The highest BCUT2D eigenvalue weighted by atomic mass is 19.1. The van der Waals surface area contributed by atoms with Crippen LogP contribution in [0.4, 0.5) is 10.1 Å². The fourth-order valence-electron chi connectivity index (χ4n) is 2.96. The number of piperidine rings is 1. The number of ether oxygens (including phenoxy) is 2. The van der Waals surface area contributed by atoms with Crippen molar-refractivity contribution < 1.29 is 18.7 Å². The first-order valence-electron chi connectivity index (χ1n) is 7.14. The lowest BCUT2D eigenvalue weighted by Crippen LogP contribution is -2.47. The number of likely N-dealkylation sites (tertiary alicyclic amines) is 1. The van der Waals surface area contributed by atoms with Crippen molar-refractivity contribution >= 4 is 11.6 Å². The Bertz CT molecular complexity index is 560. The van der Waals surface area contributed by atoms with E-state index in [2.05, 4.69) is 0 Å². The molecule has 2 fully saturated rings. The van der Waals surface area contributed by atoms with E-state index in [-0.39, 0.29) is 11.5 Å². The van der Waals surface area contributed by atoms with Gasteiger partial charge in [0, 0.05) is 31.6 Å². The first kappa shape index (κ1) is 14.3. The topological polar surface area (TPSA) is 64.8 Å². The van der Waals surface area contributed by atoms with Gasteiger partial charge in [-0.05, 0) is 24.6 Å². The molecule has 1 amide bonds. The van der Waals surface area contributed by atoms with Crippen molar-refractivity contribution in [3.05, 3.63) is 29.1 Å². The van der Waals surface area contributed by atoms with Gasteiger partial charge in [-0.15, -0.1) is 0 Å². The van der Waals surface area contributed by atoms with Gasteiger partial charge in [0.1, 0.15) is 5.82 Å². The second kappa shape index (κ2) is 5.27. The molecule has 1 aromatic rings. The fraction of sp³-hybridized carbons (Fsp3) is 0.533. The zero-order chi connectivity index (χ0) is 15.0. The first-order chi connectivity index (χ1) is 10.0. The van der Waals surface area contributed by atoms with Crippen molar-refractivity contribution in [1.29, 1.82) is 0 Å². The van der Waals surface area contributed by atoms with Gasteiger partial charge in [0.15, 0.2) is 5.79 Å². The fourth-order valence-corrected chi connectivity index (χ4v) is 2.96. The number of amides is 1. The Labute approximate surface area is 122 Å². The third kappa shape index (κ3) is 2.61. The Kier molecular flexibility index (Phi) is 3.59. The van der Waals surface area contributed by atoms with Crippen LogP contribution in [0.15, 0.2) is 12.1 Å². The van der Waals surface area contributed by atoms with Gasteiger partial charge >= 0.3 is 0 Å². The summed E-state index contributed by atoms with van der Waals surface area (Å²) in [5.74, 6) is -1.36. The van der Waals surface area contributed by atoms with Crippen molar-refractivity contribution in [2.45, 2.75) is 25.6 Å². The van der Waals surface area contributed by atoms with Gasteiger partial charge in [-0.3, -0.25) is 4.79 Å². The molecule has 0 radical (unpaired) electrons. The number of nitrogens with zero attached hydrogens (tertiary/aromatic N) is 1. The Morgan fingerprint density at radius 1 is 1.29 bits per heavy atom. The number of rotatable bonds is 1. The maximum absolute atomic E-state index is 14.1. The first-order valence-corrected chi connectivity index (χ1v) is 7.14. The van der Waals surface area contributed by atoms with Gasteiger partial charge in [0.05, 0.1) is 18.8 Å². The number of halogens is 1. The quantitative estimate of drug-likeness (QED) is 0.801. The molecule has 21 heavy (non-hydrogen) atoms. The summed E-state index contributed by atoms with van der Waals surface area (Å²) < 4.78 is 25.4. The second-order valence-electron chi connectivity index (χ2n) is 5.60. The predicted molar refractivity (Wildman–Crippen MR) is 75.3 cm³/mol. The molecule has 114 valence electrons. The van der Waals surface area contributed by atoms with E-state index in [1.54, 1.807) is 11.8 Å². The van der Waals surface area contributed by atoms with Crippen LogP contribution in [-0.4, -0.2) is 42.9 Å². The van der Waals surface area contributed by atoms with E-state index in [4.69, 9.17) is 15.2 Å². The van der Waals surface area contributed by atoms with E-state index in [1.807, 2.05) is 0 Å². The second-order valence-corrected chi connectivity index (χ2v) is 5.60. The average Bonchev–Trinajstić information content (AvgIpc) is 2.91. The SMILES string of the molecule is Cc1cc(N)cc(C(=O)N2CCC3(CC2)OCCO3)c1F. The van der Waals surface area contributed by atoms with E-state index in [0.29, 0.717) is 50.4 Å². The third-order valence-electron chi connectivity index (χ3n) is 4.13. The lowest BCUT2D eigenvalue weighted by molar-refractivity contribution is -0.181. The molecule has 0 unspecified atom stereocenters.